The van der Waals surface area contributed by atoms with Crippen molar-refractivity contribution in [1.82, 2.24) is 9.55 Å². The molecule has 0 fully saturated rings. The molecule has 1 atom stereocenters. The lowest BCUT2D eigenvalue weighted by Crippen LogP contribution is -2.11. The Morgan fingerprint density at radius 1 is 1.16 bits per heavy atom. The lowest BCUT2D eigenvalue weighted by molar-refractivity contribution is 0.668. The number of rotatable bonds is 1. The second-order valence-corrected chi connectivity index (χ2v) is 6.72. The minimum atomic E-state index is 0.259. The average molecular weight is 284 g/mol. The summed E-state index contributed by atoms with van der Waals surface area (Å²) < 4.78 is 3.63. The first-order chi connectivity index (χ1) is 9.43. The van der Waals surface area contributed by atoms with Crippen molar-refractivity contribution >= 4 is 23.1 Å². The van der Waals surface area contributed by atoms with Crippen molar-refractivity contribution in [3.05, 3.63) is 71.1 Å². The highest BCUT2D eigenvalue weighted by Crippen LogP contribution is 2.43. The van der Waals surface area contributed by atoms with Gasteiger partial charge in [0.2, 0.25) is 0 Å². The Morgan fingerprint density at radius 3 is 3.00 bits per heavy atom. The first-order valence-corrected chi connectivity index (χ1v) is 8.05. The predicted molar refractivity (Wildman–Crippen MR) is 79.8 cm³/mol. The van der Waals surface area contributed by atoms with Crippen LogP contribution in [0.3, 0.4) is 0 Å². The van der Waals surface area contributed by atoms with Gasteiger partial charge < -0.3 is 4.57 Å². The summed E-state index contributed by atoms with van der Waals surface area (Å²) >= 11 is 3.78. The summed E-state index contributed by atoms with van der Waals surface area (Å²) in [6, 6.07) is 11.2. The first-order valence-electron chi connectivity index (χ1n) is 6.19. The zero-order chi connectivity index (χ0) is 12.7. The standard InChI is InChI=1S/C15H12N2S2/c1-2-4-12-11(3-1)9-19-15-13(5-8-18-15)14(12)17-7-6-16-10-17/h1-8,10,14H,9H2/t14-/m1/s1. The Hall–Kier alpha value is -1.52. The van der Waals surface area contributed by atoms with Crippen LogP contribution in [-0.2, 0) is 5.75 Å². The normalized spacial score (nSPS) is 17.6. The highest BCUT2D eigenvalue weighted by Gasteiger charge is 2.25. The fraction of sp³-hybridized carbons (Fsp3) is 0.133. The van der Waals surface area contributed by atoms with E-state index in [-0.39, 0.29) is 6.04 Å². The highest BCUT2D eigenvalue weighted by atomic mass is 32.2. The van der Waals surface area contributed by atoms with Crippen molar-refractivity contribution in [2.45, 2.75) is 16.0 Å². The lowest BCUT2D eigenvalue weighted by Gasteiger charge is -2.19. The van der Waals surface area contributed by atoms with E-state index in [1.165, 1.54) is 20.9 Å². The summed E-state index contributed by atoms with van der Waals surface area (Å²) in [6.07, 6.45) is 5.82. The van der Waals surface area contributed by atoms with Gasteiger partial charge in [0.15, 0.2) is 0 Å². The van der Waals surface area contributed by atoms with Crippen molar-refractivity contribution in [2.75, 3.05) is 0 Å². The molecule has 2 nitrogen and oxygen atoms in total. The topological polar surface area (TPSA) is 17.8 Å². The molecule has 0 unspecified atom stereocenters. The molecule has 3 aromatic rings. The molecule has 0 amide bonds. The summed E-state index contributed by atoms with van der Waals surface area (Å²) in [5, 5.41) is 2.19. The van der Waals surface area contributed by atoms with E-state index in [4.69, 9.17) is 0 Å². The molecule has 4 heteroatoms. The Balaban J connectivity index is 1.98. The zero-order valence-corrected chi connectivity index (χ0v) is 11.8. The van der Waals surface area contributed by atoms with E-state index in [9.17, 15) is 0 Å². The van der Waals surface area contributed by atoms with E-state index in [0.717, 1.165) is 5.75 Å². The monoisotopic (exact) mass is 284 g/mol. The van der Waals surface area contributed by atoms with Gasteiger partial charge >= 0.3 is 0 Å². The maximum absolute atomic E-state index is 4.22. The third-order valence-corrected chi connectivity index (χ3v) is 5.80. The third kappa shape index (κ3) is 1.83. The average Bonchev–Trinajstić information content (AvgIpc) is 3.09. The second kappa shape index (κ2) is 4.54. The number of fused-ring (bicyclic) bond motifs is 2. The van der Waals surface area contributed by atoms with Gasteiger partial charge in [0, 0.05) is 23.7 Å². The van der Waals surface area contributed by atoms with Crippen molar-refractivity contribution in [3.8, 4) is 0 Å². The molecule has 0 spiro atoms. The van der Waals surface area contributed by atoms with E-state index in [1.807, 2.05) is 35.6 Å². The van der Waals surface area contributed by atoms with Crippen LogP contribution in [0.5, 0.6) is 0 Å². The minimum absolute atomic E-state index is 0.259. The number of hydrogen-bond donors (Lipinski definition) is 0. The summed E-state index contributed by atoms with van der Waals surface area (Å²) in [5.74, 6) is 1.05. The number of nitrogens with zero attached hydrogens (tertiary/aromatic N) is 2. The maximum atomic E-state index is 4.22. The van der Waals surface area contributed by atoms with Crippen LogP contribution in [0.1, 0.15) is 22.7 Å². The van der Waals surface area contributed by atoms with Crippen LogP contribution >= 0.6 is 23.1 Å². The van der Waals surface area contributed by atoms with Gasteiger partial charge in [-0.1, -0.05) is 24.3 Å². The summed E-state index contributed by atoms with van der Waals surface area (Å²) in [7, 11) is 0. The van der Waals surface area contributed by atoms with Crippen LogP contribution in [0.25, 0.3) is 0 Å². The quantitative estimate of drug-likeness (QED) is 0.667. The Morgan fingerprint density at radius 2 is 2.11 bits per heavy atom. The van der Waals surface area contributed by atoms with Gasteiger partial charge in [0.1, 0.15) is 0 Å². The molecule has 1 aliphatic rings. The lowest BCUT2D eigenvalue weighted by atomic mass is 9.97. The van der Waals surface area contributed by atoms with Gasteiger partial charge in [-0.05, 0) is 22.6 Å². The van der Waals surface area contributed by atoms with Crippen LogP contribution in [0.2, 0.25) is 0 Å². The molecule has 0 N–H and O–H groups in total. The Bertz CT molecular complexity index is 701. The molecule has 0 radical (unpaired) electrons. The van der Waals surface area contributed by atoms with Gasteiger partial charge in [-0.15, -0.1) is 23.1 Å². The molecule has 94 valence electrons. The molecule has 0 saturated heterocycles. The minimum Gasteiger partial charge on any atom is -0.326 e. The van der Waals surface area contributed by atoms with E-state index in [2.05, 4.69) is 51.5 Å². The van der Waals surface area contributed by atoms with Crippen LogP contribution in [-0.4, -0.2) is 9.55 Å². The number of hydrogen-bond acceptors (Lipinski definition) is 3. The molecule has 4 rings (SSSR count). The van der Waals surface area contributed by atoms with Gasteiger partial charge in [-0.25, -0.2) is 4.98 Å². The number of aromatic nitrogens is 2. The van der Waals surface area contributed by atoms with Gasteiger partial charge in [0.25, 0.3) is 0 Å². The zero-order valence-electron chi connectivity index (χ0n) is 10.2. The van der Waals surface area contributed by atoms with E-state index in [1.54, 1.807) is 0 Å². The summed E-state index contributed by atoms with van der Waals surface area (Å²) in [4.78, 5) is 4.22. The van der Waals surface area contributed by atoms with Gasteiger partial charge in [0.05, 0.1) is 16.6 Å². The summed E-state index contributed by atoms with van der Waals surface area (Å²) in [6.45, 7) is 0. The Labute approximate surface area is 120 Å². The van der Waals surface area contributed by atoms with E-state index in [0.29, 0.717) is 0 Å². The van der Waals surface area contributed by atoms with Crippen LogP contribution in [0, 0.1) is 0 Å². The Kier molecular flexibility index (Phi) is 2.71. The van der Waals surface area contributed by atoms with Crippen molar-refractivity contribution in [3.63, 3.8) is 0 Å². The highest BCUT2D eigenvalue weighted by molar-refractivity contribution is 8.00. The van der Waals surface area contributed by atoms with Crippen molar-refractivity contribution < 1.29 is 0 Å². The van der Waals surface area contributed by atoms with Gasteiger partial charge in [-0.2, -0.15) is 0 Å². The van der Waals surface area contributed by atoms with Crippen molar-refractivity contribution in [2.24, 2.45) is 0 Å². The molecule has 0 bridgehead atoms. The molecular weight excluding hydrogens is 272 g/mol. The van der Waals surface area contributed by atoms with Crippen LogP contribution in [0.4, 0.5) is 0 Å². The molecule has 0 saturated carbocycles. The van der Waals surface area contributed by atoms with Crippen molar-refractivity contribution in [1.29, 1.82) is 0 Å². The third-order valence-electron chi connectivity index (χ3n) is 3.48. The fourth-order valence-electron chi connectivity index (χ4n) is 2.61. The largest absolute Gasteiger partial charge is 0.326 e. The predicted octanol–water partition coefficient (Wildman–Crippen LogP) is 4.19. The van der Waals surface area contributed by atoms with Crippen LogP contribution < -0.4 is 0 Å². The smallest absolute Gasteiger partial charge is 0.0954 e. The SMILES string of the molecule is c1ccc2c(c1)CSc1sccc1[C@@H]2n1ccnc1. The maximum Gasteiger partial charge on any atom is 0.0954 e. The molecule has 1 aliphatic heterocycles. The summed E-state index contributed by atoms with van der Waals surface area (Å²) in [5.41, 5.74) is 4.22. The number of imidazole rings is 1. The molecule has 2 aromatic heterocycles. The molecule has 3 heterocycles. The van der Waals surface area contributed by atoms with Gasteiger partial charge in [-0.3, -0.25) is 0 Å². The van der Waals surface area contributed by atoms with E-state index < -0.39 is 0 Å². The van der Waals surface area contributed by atoms with E-state index >= 15 is 0 Å². The fourth-order valence-corrected chi connectivity index (χ4v) is 4.78. The molecule has 0 aliphatic carbocycles. The molecular formula is C15H12N2S2. The number of thiophene rings is 1. The molecule has 19 heavy (non-hydrogen) atoms. The molecule has 1 aromatic carbocycles. The van der Waals surface area contributed by atoms with Crippen LogP contribution in [0.15, 0.2) is 58.6 Å². The number of benzene rings is 1. The number of thioether (sulfide) groups is 1. The first kappa shape index (κ1) is 11.3. The second-order valence-electron chi connectivity index (χ2n) is 4.56.